The highest BCUT2D eigenvalue weighted by atomic mass is 16.5. The van der Waals surface area contributed by atoms with E-state index in [2.05, 4.69) is 20.5 Å². The van der Waals surface area contributed by atoms with E-state index in [1.165, 1.54) is 6.92 Å². The van der Waals surface area contributed by atoms with Gasteiger partial charge < -0.3 is 15.4 Å². The monoisotopic (exact) mass is 320 g/mol. The van der Waals surface area contributed by atoms with Gasteiger partial charge >= 0.3 is 0 Å². The van der Waals surface area contributed by atoms with Crippen molar-refractivity contribution in [1.29, 1.82) is 0 Å². The number of carbonyl (C=O) groups excluding carboxylic acids is 2. The first-order valence-electron chi connectivity index (χ1n) is 7.90. The SMILES string of the molecule is CCOc1ccc(CN2CC[C@@H](NC(=O)CNC(C)=O)C2)cn1. The number of hydrogen-bond donors (Lipinski definition) is 2. The van der Waals surface area contributed by atoms with Gasteiger partial charge in [-0.1, -0.05) is 6.07 Å². The Morgan fingerprint density at radius 1 is 1.43 bits per heavy atom. The molecule has 0 spiro atoms. The Balaban J connectivity index is 1.74. The van der Waals surface area contributed by atoms with Gasteiger partial charge in [-0.05, 0) is 18.9 Å². The smallest absolute Gasteiger partial charge is 0.239 e. The second-order valence-electron chi connectivity index (χ2n) is 5.64. The second-order valence-corrected chi connectivity index (χ2v) is 5.64. The number of nitrogens with zero attached hydrogens (tertiary/aromatic N) is 2. The highest BCUT2D eigenvalue weighted by Crippen LogP contribution is 2.14. The summed E-state index contributed by atoms with van der Waals surface area (Å²) in [6, 6.07) is 4.02. The van der Waals surface area contributed by atoms with Gasteiger partial charge in [0.15, 0.2) is 0 Å². The summed E-state index contributed by atoms with van der Waals surface area (Å²) in [4.78, 5) is 29.0. The van der Waals surface area contributed by atoms with Gasteiger partial charge in [0.2, 0.25) is 17.7 Å². The summed E-state index contributed by atoms with van der Waals surface area (Å²) in [7, 11) is 0. The highest BCUT2D eigenvalue weighted by molar-refractivity contribution is 5.83. The summed E-state index contributed by atoms with van der Waals surface area (Å²) in [5, 5.41) is 5.45. The second kappa shape index (κ2) is 8.47. The molecule has 1 fully saturated rings. The Bertz CT molecular complexity index is 533. The normalized spacial score (nSPS) is 17.7. The fourth-order valence-electron chi connectivity index (χ4n) is 2.57. The molecule has 23 heavy (non-hydrogen) atoms. The average molecular weight is 320 g/mol. The lowest BCUT2D eigenvalue weighted by Crippen LogP contribution is -2.42. The fourth-order valence-corrected chi connectivity index (χ4v) is 2.57. The predicted octanol–water partition coefficient (Wildman–Crippen LogP) is 0.307. The van der Waals surface area contributed by atoms with Crippen LogP contribution in [0.4, 0.5) is 0 Å². The van der Waals surface area contributed by atoms with Crippen LogP contribution >= 0.6 is 0 Å². The van der Waals surface area contributed by atoms with E-state index < -0.39 is 0 Å². The summed E-state index contributed by atoms with van der Waals surface area (Å²) in [5.41, 5.74) is 1.12. The third kappa shape index (κ3) is 5.86. The van der Waals surface area contributed by atoms with Crippen molar-refractivity contribution in [1.82, 2.24) is 20.5 Å². The van der Waals surface area contributed by atoms with Crippen molar-refractivity contribution in [3.8, 4) is 5.88 Å². The lowest BCUT2D eigenvalue weighted by atomic mass is 10.2. The molecule has 0 saturated carbocycles. The van der Waals surface area contributed by atoms with Crippen LogP contribution in [0.1, 0.15) is 25.8 Å². The molecular formula is C16H24N4O3. The quantitative estimate of drug-likeness (QED) is 0.755. The van der Waals surface area contributed by atoms with Crippen molar-refractivity contribution < 1.29 is 14.3 Å². The summed E-state index contributed by atoms with van der Waals surface area (Å²) < 4.78 is 5.33. The molecule has 2 N–H and O–H groups in total. The van der Waals surface area contributed by atoms with Crippen molar-refractivity contribution in [2.24, 2.45) is 0 Å². The zero-order valence-corrected chi connectivity index (χ0v) is 13.7. The highest BCUT2D eigenvalue weighted by Gasteiger charge is 2.23. The molecule has 7 nitrogen and oxygen atoms in total. The Hall–Kier alpha value is -2.15. The molecule has 0 aromatic carbocycles. The Morgan fingerprint density at radius 3 is 2.91 bits per heavy atom. The van der Waals surface area contributed by atoms with E-state index in [0.717, 1.165) is 31.6 Å². The van der Waals surface area contributed by atoms with E-state index >= 15 is 0 Å². The number of nitrogens with one attached hydrogen (secondary N) is 2. The van der Waals surface area contributed by atoms with E-state index in [4.69, 9.17) is 4.74 Å². The number of amides is 2. The molecule has 1 aromatic heterocycles. The molecular weight excluding hydrogens is 296 g/mol. The molecule has 2 amide bonds. The molecule has 0 bridgehead atoms. The zero-order valence-electron chi connectivity index (χ0n) is 13.7. The minimum atomic E-state index is -0.198. The summed E-state index contributed by atoms with van der Waals surface area (Å²) in [6.07, 6.45) is 2.74. The average Bonchev–Trinajstić information content (AvgIpc) is 2.94. The lowest BCUT2D eigenvalue weighted by Gasteiger charge is -2.17. The van der Waals surface area contributed by atoms with E-state index in [0.29, 0.717) is 12.5 Å². The first-order valence-corrected chi connectivity index (χ1v) is 7.90. The summed E-state index contributed by atoms with van der Waals surface area (Å²) >= 11 is 0. The largest absolute Gasteiger partial charge is 0.478 e. The topological polar surface area (TPSA) is 83.6 Å². The van der Waals surface area contributed by atoms with Crippen LogP contribution in [-0.2, 0) is 16.1 Å². The van der Waals surface area contributed by atoms with E-state index in [1.807, 2.05) is 25.3 Å². The van der Waals surface area contributed by atoms with Gasteiger partial charge in [0.25, 0.3) is 0 Å². The van der Waals surface area contributed by atoms with Crippen LogP contribution in [0, 0.1) is 0 Å². The van der Waals surface area contributed by atoms with Crippen LogP contribution < -0.4 is 15.4 Å². The van der Waals surface area contributed by atoms with Crippen LogP contribution in [0.3, 0.4) is 0 Å². The van der Waals surface area contributed by atoms with E-state index in [1.54, 1.807) is 0 Å². The number of likely N-dealkylation sites (tertiary alicyclic amines) is 1. The third-order valence-electron chi connectivity index (χ3n) is 3.63. The minimum absolute atomic E-state index is 0.0364. The van der Waals surface area contributed by atoms with E-state index in [9.17, 15) is 9.59 Å². The molecule has 1 aromatic rings. The van der Waals surface area contributed by atoms with Crippen LogP contribution in [0.25, 0.3) is 0 Å². The Labute approximate surface area is 136 Å². The molecule has 1 aliphatic heterocycles. The van der Waals surface area contributed by atoms with Crippen LogP contribution in [0.5, 0.6) is 5.88 Å². The van der Waals surface area contributed by atoms with Gasteiger partial charge in [0, 0.05) is 44.9 Å². The standard InChI is InChI=1S/C16H24N4O3/c1-3-23-16-5-4-13(8-18-16)10-20-7-6-14(11-20)19-15(22)9-17-12(2)21/h4-5,8,14H,3,6-7,9-11H2,1-2H3,(H,17,21)(H,19,22)/t14-/m1/s1. The van der Waals surface area contributed by atoms with Gasteiger partial charge in [-0.15, -0.1) is 0 Å². The molecule has 0 unspecified atom stereocenters. The van der Waals surface area contributed by atoms with E-state index in [-0.39, 0.29) is 24.4 Å². The van der Waals surface area contributed by atoms with Crippen molar-refractivity contribution >= 4 is 11.8 Å². The first kappa shape index (κ1) is 17.2. The van der Waals surface area contributed by atoms with Gasteiger partial charge in [0.1, 0.15) is 0 Å². The minimum Gasteiger partial charge on any atom is -0.478 e. The number of rotatable bonds is 7. The van der Waals surface area contributed by atoms with Crippen molar-refractivity contribution in [3.05, 3.63) is 23.9 Å². The van der Waals surface area contributed by atoms with Crippen molar-refractivity contribution in [3.63, 3.8) is 0 Å². The van der Waals surface area contributed by atoms with Crippen LogP contribution in [0.2, 0.25) is 0 Å². The maximum absolute atomic E-state index is 11.7. The fraction of sp³-hybridized carbons (Fsp3) is 0.562. The molecule has 0 aliphatic carbocycles. The Kier molecular flexibility index (Phi) is 6.34. The molecule has 126 valence electrons. The predicted molar refractivity (Wildman–Crippen MR) is 85.9 cm³/mol. The Morgan fingerprint density at radius 2 is 2.26 bits per heavy atom. The number of carbonyl (C=O) groups is 2. The molecule has 1 atom stereocenters. The maximum Gasteiger partial charge on any atom is 0.239 e. The maximum atomic E-state index is 11.7. The molecule has 1 saturated heterocycles. The summed E-state index contributed by atoms with van der Waals surface area (Å²) in [5.74, 6) is 0.298. The van der Waals surface area contributed by atoms with Gasteiger partial charge in [-0.2, -0.15) is 0 Å². The van der Waals surface area contributed by atoms with Crippen LogP contribution in [0.15, 0.2) is 18.3 Å². The molecule has 1 aliphatic rings. The molecule has 7 heteroatoms. The molecule has 2 heterocycles. The van der Waals surface area contributed by atoms with Gasteiger partial charge in [0.05, 0.1) is 13.2 Å². The first-order chi connectivity index (χ1) is 11.1. The van der Waals surface area contributed by atoms with Gasteiger partial charge in [-0.3, -0.25) is 14.5 Å². The zero-order chi connectivity index (χ0) is 16.7. The number of pyridine rings is 1. The lowest BCUT2D eigenvalue weighted by molar-refractivity contribution is -0.125. The summed E-state index contributed by atoms with van der Waals surface area (Å²) in [6.45, 7) is 6.51. The van der Waals surface area contributed by atoms with Crippen molar-refractivity contribution in [2.75, 3.05) is 26.2 Å². The number of ether oxygens (including phenoxy) is 1. The number of hydrogen-bond acceptors (Lipinski definition) is 5. The van der Waals surface area contributed by atoms with Gasteiger partial charge in [-0.25, -0.2) is 4.98 Å². The number of aromatic nitrogens is 1. The molecule has 0 radical (unpaired) electrons. The van der Waals surface area contributed by atoms with Crippen LogP contribution in [-0.4, -0.2) is 54.0 Å². The van der Waals surface area contributed by atoms with Crippen molar-refractivity contribution in [2.45, 2.75) is 32.9 Å². The molecule has 2 rings (SSSR count). The third-order valence-corrected chi connectivity index (χ3v) is 3.63.